The van der Waals surface area contributed by atoms with E-state index in [4.69, 9.17) is 21.1 Å². The first kappa shape index (κ1) is 19.3. The van der Waals surface area contributed by atoms with Crippen molar-refractivity contribution in [1.82, 2.24) is 5.43 Å². The van der Waals surface area contributed by atoms with Crippen LogP contribution in [-0.2, 0) is 9.59 Å². The second kappa shape index (κ2) is 9.43. The summed E-state index contributed by atoms with van der Waals surface area (Å²) in [5.74, 6) is 0.0111. The van der Waals surface area contributed by atoms with Gasteiger partial charge in [-0.15, -0.1) is 0 Å². The molecule has 8 heteroatoms. The smallest absolute Gasteiger partial charge is 0.249 e. The number of amides is 2. The molecular weight excluding hydrogens is 358 g/mol. The van der Waals surface area contributed by atoms with Crippen LogP contribution in [0.4, 0.5) is 5.69 Å². The lowest BCUT2D eigenvalue weighted by Gasteiger charge is -2.09. The summed E-state index contributed by atoms with van der Waals surface area (Å²) in [7, 11) is 3.03. The van der Waals surface area contributed by atoms with Crippen LogP contribution in [0.5, 0.6) is 11.5 Å². The Morgan fingerprint density at radius 2 is 1.88 bits per heavy atom. The number of hydrogen-bond acceptors (Lipinski definition) is 5. The maximum Gasteiger partial charge on any atom is 0.249 e. The molecule has 0 heterocycles. The third-order valence-corrected chi connectivity index (χ3v) is 3.49. The van der Waals surface area contributed by atoms with Gasteiger partial charge in [-0.05, 0) is 30.3 Å². The van der Waals surface area contributed by atoms with Gasteiger partial charge < -0.3 is 14.8 Å². The Hall–Kier alpha value is -3.06. The van der Waals surface area contributed by atoms with E-state index in [0.717, 1.165) is 0 Å². The zero-order chi connectivity index (χ0) is 18.9. The molecule has 2 aromatic rings. The number of nitrogens with zero attached hydrogens (tertiary/aromatic N) is 1. The van der Waals surface area contributed by atoms with Crippen molar-refractivity contribution in [2.45, 2.75) is 6.42 Å². The highest BCUT2D eigenvalue weighted by Crippen LogP contribution is 2.29. The van der Waals surface area contributed by atoms with E-state index >= 15 is 0 Å². The molecule has 0 spiro atoms. The molecule has 0 aliphatic heterocycles. The van der Waals surface area contributed by atoms with Crippen molar-refractivity contribution in [2.75, 3.05) is 19.5 Å². The van der Waals surface area contributed by atoms with E-state index in [1.165, 1.54) is 20.4 Å². The quantitative estimate of drug-likeness (QED) is 0.442. The molecule has 136 valence electrons. The predicted octanol–water partition coefficient (Wildman–Crippen LogP) is 2.84. The number of hydrogen-bond donors (Lipinski definition) is 2. The van der Waals surface area contributed by atoms with Crippen LogP contribution in [0.3, 0.4) is 0 Å². The van der Waals surface area contributed by atoms with Crippen LogP contribution in [0, 0.1) is 0 Å². The number of carbonyl (C=O) groups excluding carboxylic acids is 2. The third kappa shape index (κ3) is 5.49. The average Bonchev–Trinajstić information content (AvgIpc) is 2.61. The molecule has 0 unspecified atom stereocenters. The van der Waals surface area contributed by atoms with E-state index in [2.05, 4.69) is 15.8 Å². The van der Waals surface area contributed by atoms with Gasteiger partial charge in [-0.2, -0.15) is 5.10 Å². The molecule has 0 atom stereocenters. The zero-order valence-corrected chi connectivity index (χ0v) is 15.0. The average molecular weight is 376 g/mol. The Bertz CT molecular complexity index is 824. The van der Waals surface area contributed by atoms with Crippen LogP contribution in [0.25, 0.3) is 0 Å². The Morgan fingerprint density at radius 3 is 2.58 bits per heavy atom. The van der Waals surface area contributed by atoms with Crippen molar-refractivity contribution >= 4 is 35.3 Å². The minimum Gasteiger partial charge on any atom is -0.493 e. The van der Waals surface area contributed by atoms with Crippen molar-refractivity contribution in [1.29, 1.82) is 0 Å². The fraction of sp³-hybridized carbons (Fsp3) is 0.167. The molecule has 26 heavy (non-hydrogen) atoms. The van der Waals surface area contributed by atoms with Crippen LogP contribution in [0.1, 0.15) is 12.0 Å². The molecule has 0 fully saturated rings. The molecule has 0 saturated carbocycles. The van der Waals surface area contributed by atoms with Crippen LogP contribution < -0.4 is 20.2 Å². The minimum absolute atomic E-state index is 0.376. The van der Waals surface area contributed by atoms with E-state index in [0.29, 0.717) is 27.8 Å². The summed E-state index contributed by atoms with van der Waals surface area (Å²) in [6, 6.07) is 11.9. The van der Waals surface area contributed by atoms with E-state index in [1.807, 2.05) is 0 Å². The normalized spacial score (nSPS) is 10.4. The van der Waals surface area contributed by atoms with Crippen molar-refractivity contribution in [3.8, 4) is 11.5 Å². The lowest BCUT2D eigenvalue weighted by molar-refractivity contribution is -0.126. The lowest BCUT2D eigenvalue weighted by atomic mass is 10.2. The number of halogens is 1. The van der Waals surface area contributed by atoms with Crippen molar-refractivity contribution in [2.24, 2.45) is 5.10 Å². The van der Waals surface area contributed by atoms with Crippen molar-refractivity contribution < 1.29 is 19.1 Å². The molecule has 7 nitrogen and oxygen atoms in total. The van der Waals surface area contributed by atoms with Gasteiger partial charge in [0.25, 0.3) is 0 Å². The van der Waals surface area contributed by atoms with E-state index in [9.17, 15) is 9.59 Å². The number of benzene rings is 2. The monoisotopic (exact) mass is 375 g/mol. The maximum absolute atomic E-state index is 11.8. The molecule has 0 aliphatic carbocycles. The first-order valence-electron chi connectivity index (χ1n) is 7.61. The molecule has 2 N–H and O–H groups in total. The van der Waals surface area contributed by atoms with E-state index in [1.54, 1.807) is 42.5 Å². The highest BCUT2D eigenvalue weighted by Gasteiger charge is 2.10. The zero-order valence-electron chi connectivity index (χ0n) is 14.3. The SMILES string of the molecule is COc1cccc(/C=N/NC(=O)CC(=O)Nc2cccc(Cl)c2)c1OC. The molecule has 0 bridgehead atoms. The standard InChI is InChI=1S/C18H18ClN3O4/c1-25-15-8-3-5-12(18(15)26-2)11-20-22-17(24)10-16(23)21-14-7-4-6-13(19)9-14/h3-9,11H,10H2,1-2H3,(H,21,23)(H,22,24)/b20-11+. The topological polar surface area (TPSA) is 89.0 Å². The summed E-state index contributed by atoms with van der Waals surface area (Å²) in [6.07, 6.45) is 1.03. The molecule has 0 radical (unpaired) electrons. The van der Waals surface area contributed by atoms with Gasteiger partial charge in [0.15, 0.2) is 11.5 Å². The van der Waals surface area contributed by atoms with Crippen LogP contribution in [0.2, 0.25) is 5.02 Å². The fourth-order valence-corrected chi connectivity index (χ4v) is 2.33. The highest BCUT2D eigenvalue weighted by molar-refractivity contribution is 6.30. The molecule has 2 amide bonds. The van der Waals surface area contributed by atoms with Gasteiger partial charge in [0.05, 0.1) is 20.4 Å². The van der Waals surface area contributed by atoms with Gasteiger partial charge in [-0.3, -0.25) is 9.59 Å². The summed E-state index contributed by atoms with van der Waals surface area (Å²) in [5.41, 5.74) is 3.43. The first-order chi connectivity index (χ1) is 12.5. The second-order valence-corrected chi connectivity index (χ2v) is 5.55. The number of para-hydroxylation sites is 1. The summed E-state index contributed by atoms with van der Waals surface area (Å²) < 4.78 is 10.4. The number of methoxy groups -OCH3 is 2. The van der Waals surface area contributed by atoms with Gasteiger partial charge >= 0.3 is 0 Å². The number of nitrogens with one attached hydrogen (secondary N) is 2. The largest absolute Gasteiger partial charge is 0.493 e. The summed E-state index contributed by atoms with van der Waals surface area (Å²) in [4.78, 5) is 23.7. The van der Waals surface area contributed by atoms with Gasteiger partial charge in [0, 0.05) is 16.3 Å². The molecular formula is C18H18ClN3O4. The minimum atomic E-state index is -0.553. The van der Waals surface area contributed by atoms with E-state index in [-0.39, 0.29) is 6.42 Å². The van der Waals surface area contributed by atoms with Crippen LogP contribution in [0.15, 0.2) is 47.6 Å². The Labute approximate surface area is 155 Å². The lowest BCUT2D eigenvalue weighted by Crippen LogP contribution is -2.24. The molecule has 0 aromatic heterocycles. The van der Waals surface area contributed by atoms with Gasteiger partial charge in [0.1, 0.15) is 6.42 Å². The Balaban J connectivity index is 1.90. The second-order valence-electron chi connectivity index (χ2n) is 5.11. The summed E-state index contributed by atoms with van der Waals surface area (Å²) in [6.45, 7) is 0. The van der Waals surface area contributed by atoms with Gasteiger partial charge in [-0.25, -0.2) is 5.43 Å². The Morgan fingerprint density at radius 1 is 1.12 bits per heavy atom. The fourth-order valence-electron chi connectivity index (χ4n) is 2.14. The van der Waals surface area contributed by atoms with Gasteiger partial charge in [0.2, 0.25) is 11.8 Å². The predicted molar refractivity (Wildman–Crippen MR) is 100.0 cm³/mol. The third-order valence-electron chi connectivity index (χ3n) is 3.26. The van der Waals surface area contributed by atoms with Crippen molar-refractivity contribution in [3.05, 3.63) is 53.1 Å². The first-order valence-corrected chi connectivity index (χ1v) is 7.99. The molecule has 0 saturated heterocycles. The van der Waals surface area contributed by atoms with Crippen molar-refractivity contribution in [3.63, 3.8) is 0 Å². The number of anilines is 1. The number of carbonyl (C=O) groups is 2. The molecule has 2 aromatic carbocycles. The summed E-state index contributed by atoms with van der Waals surface area (Å²) in [5, 5.41) is 6.91. The van der Waals surface area contributed by atoms with Crippen LogP contribution in [-0.4, -0.2) is 32.2 Å². The summed E-state index contributed by atoms with van der Waals surface area (Å²) >= 11 is 5.84. The molecule has 2 rings (SSSR count). The van der Waals surface area contributed by atoms with Crippen LogP contribution >= 0.6 is 11.6 Å². The number of rotatable bonds is 7. The van der Waals surface area contributed by atoms with Gasteiger partial charge in [-0.1, -0.05) is 23.7 Å². The highest BCUT2D eigenvalue weighted by atomic mass is 35.5. The Kier molecular flexibility index (Phi) is 6.99. The number of ether oxygens (including phenoxy) is 2. The number of hydrazone groups is 1. The van der Waals surface area contributed by atoms with E-state index < -0.39 is 11.8 Å². The maximum atomic E-state index is 11.8. The molecule has 0 aliphatic rings.